The second-order valence-electron chi connectivity index (χ2n) is 15.2. The van der Waals surface area contributed by atoms with Crippen LogP contribution in [-0.4, -0.2) is 37.2 Å². The largest absolute Gasteiger partial charge is 0.462 e. The van der Waals surface area contributed by atoms with Gasteiger partial charge < -0.3 is 14.2 Å². The minimum absolute atomic E-state index is 0.111. The lowest BCUT2D eigenvalue weighted by molar-refractivity contribution is -0.167. The van der Waals surface area contributed by atoms with E-state index >= 15 is 0 Å². The van der Waals surface area contributed by atoms with Gasteiger partial charge in [-0.3, -0.25) is 14.4 Å². The first-order valence-electron chi connectivity index (χ1n) is 23.7. The molecule has 1 unspecified atom stereocenters. The molecule has 334 valence electrons. The summed E-state index contributed by atoms with van der Waals surface area (Å²) in [5, 5.41) is 0. The van der Waals surface area contributed by atoms with Crippen LogP contribution >= 0.6 is 0 Å². The highest BCUT2D eigenvalue weighted by atomic mass is 16.6. The van der Waals surface area contributed by atoms with Gasteiger partial charge in [0.2, 0.25) is 0 Å². The van der Waals surface area contributed by atoms with Crippen LogP contribution < -0.4 is 0 Å². The van der Waals surface area contributed by atoms with E-state index in [4.69, 9.17) is 14.2 Å². The minimum Gasteiger partial charge on any atom is -0.462 e. The van der Waals surface area contributed by atoms with Crippen LogP contribution in [0.5, 0.6) is 0 Å². The molecule has 0 aliphatic carbocycles. The monoisotopic (exact) mass is 819 g/mol. The number of carbonyl (C=O) groups is 3. The van der Waals surface area contributed by atoms with Crippen LogP contribution in [-0.2, 0) is 28.6 Å². The summed E-state index contributed by atoms with van der Waals surface area (Å²) in [5.41, 5.74) is 0. The fraction of sp³-hybridized carbons (Fsp3) is 0.642. The molecule has 0 saturated carbocycles. The van der Waals surface area contributed by atoms with E-state index in [1.165, 1.54) is 51.4 Å². The lowest BCUT2D eigenvalue weighted by Crippen LogP contribution is -2.30. The number of hydrogen-bond donors (Lipinski definition) is 0. The maximum absolute atomic E-state index is 12.7. The third-order valence-electron chi connectivity index (χ3n) is 9.55. The number of carbonyl (C=O) groups excluding carboxylic acids is 3. The Kier molecular flexibility index (Phi) is 44.1. The van der Waals surface area contributed by atoms with Crippen molar-refractivity contribution in [1.82, 2.24) is 0 Å². The average molecular weight is 819 g/mol. The Morgan fingerprint density at radius 3 is 1.07 bits per heavy atom. The van der Waals surface area contributed by atoms with Crippen LogP contribution in [0.2, 0.25) is 0 Å². The van der Waals surface area contributed by atoms with Crippen LogP contribution in [0.1, 0.15) is 201 Å². The van der Waals surface area contributed by atoms with Crippen molar-refractivity contribution in [3.05, 3.63) is 97.2 Å². The second kappa shape index (κ2) is 47.0. The quantitative estimate of drug-likeness (QED) is 0.0265. The van der Waals surface area contributed by atoms with Gasteiger partial charge in [-0.1, -0.05) is 163 Å². The molecule has 0 amide bonds. The minimum atomic E-state index is -0.815. The van der Waals surface area contributed by atoms with E-state index in [2.05, 4.69) is 118 Å². The standard InChI is InChI=1S/C53H86O6/c1-4-7-10-13-16-19-22-25-26-27-28-29-32-34-37-40-43-46-52(55)58-49-50(59-53(56)47-44-41-38-35-31-24-21-18-15-12-9-6-3)48-57-51(54)45-42-39-36-33-30-23-20-17-14-11-8-5-2/h8-9,11-12,16-21,25-26,30-31,33,35,50H,4-7,10,13-15,22-24,27-29,32,34,36-49H2,1-3H3/b11-8-,12-9-,19-16-,20-17-,21-18-,26-25-,33-30-,35-31-. The number of hydrogen-bond acceptors (Lipinski definition) is 6. The van der Waals surface area contributed by atoms with Crippen molar-refractivity contribution in [2.75, 3.05) is 13.2 Å². The third kappa shape index (κ3) is 45.3. The molecule has 0 N–H and O–H groups in total. The number of esters is 3. The van der Waals surface area contributed by atoms with Gasteiger partial charge in [-0.2, -0.15) is 0 Å². The molecule has 0 aliphatic rings. The van der Waals surface area contributed by atoms with E-state index in [1.54, 1.807) is 0 Å². The molecule has 0 saturated heterocycles. The van der Waals surface area contributed by atoms with Crippen LogP contribution in [0.3, 0.4) is 0 Å². The Morgan fingerprint density at radius 2 is 0.661 bits per heavy atom. The molecule has 6 nitrogen and oxygen atoms in total. The number of unbranched alkanes of at least 4 members (excludes halogenated alkanes) is 14. The lowest BCUT2D eigenvalue weighted by atomic mass is 10.1. The summed E-state index contributed by atoms with van der Waals surface area (Å²) in [6.45, 7) is 6.28. The molecule has 0 rings (SSSR count). The van der Waals surface area contributed by atoms with Crippen LogP contribution in [0.25, 0.3) is 0 Å². The van der Waals surface area contributed by atoms with Crippen molar-refractivity contribution >= 4 is 17.9 Å². The summed E-state index contributed by atoms with van der Waals surface area (Å²) < 4.78 is 16.7. The van der Waals surface area contributed by atoms with E-state index in [0.29, 0.717) is 19.3 Å². The van der Waals surface area contributed by atoms with Gasteiger partial charge in [-0.15, -0.1) is 0 Å². The molecular weight excluding hydrogens is 733 g/mol. The molecule has 1 atom stereocenters. The average Bonchev–Trinajstić information content (AvgIpc) is 3.23. The van der Waals surface area contributed by atoms with Gasteiger partial charge in [0.05, 0.1) is 0 Å². The third-order valence-corrected chi connectivity index (χ3v) is 9.55. The van der Waals surface area contributed by atoms with E-state index in [1.807, 2.05) is 0 Å². The molecule has 6 heteroatoms. The van der Waals surface area contributed by atoms with Crippen molar-refractivity contribution in [2.45, 2.75) is 207 Å². The summed E-state index contributed by atoms with van der Waals surface area (Å²) in [4.78, 5) is 37.8. The van der Waals surface area contributed by atoms with Crippen molar-refractivity contribution in [3.8, 4) is 0 Å². The zero-order valence-electron chi connectivity index (χ0n) is 38.0. The van der Waals surface area contributed by atoms with Crippen molar-refractivity contribution in [1.29, 1.82) is 0 Å². The Morgan fingerprint density at radius 1 is 0.356 bits per heavy atom. The van der Waals surface area contributed by atoms with Gasteiger partial charge in [0, 0.05) is 19.3 Å². The SMILES string of the molecule is CC/C=C\C/C=C\C/C=C\CCCCC(=O)OCC(COC(=O)CCCCCCCCC/C=C\C/C=C\CCCCC)OC(=O)CCCC/C=C\C/C=C\C/C=C\CC. The molecule has 0 spiro atoms. The highest BCUT2D eigenvalue weighted by Crippen LogP contribution is 2.12. The van der Waals surface area contributed by atoms with Gasteiger partial charge in [0.1, 0.15) is 13.2 Å². The summed E-state index contributed by atoms with van der Waals surface area (Å²) in [5.74, 6) is -1.01. The van der Waals surface area contributed by atoms with Gasteiger partial charge in [-0.05, 0) is 116 Å². The first kappa shape index (κ1) is 55.3. The summed E-state index contributed by atoms with van der Waals surface area (Å²) in [7, 11) is 0. The highest BCUT2D eigenvalue weighted by molar-refractivity contribution is 5.71. The van der Waals surface area contributed by atoms with Crippen molar-refractivity contribution in [3.63, 3.8) is 0 Å². The Hall–Kier alpha value is -3.67. The Bertz CT molecular complexity index is 1220. The zero-order valence-corrected chi connectivity index (χ0v) is 38.0. The summed E-state index contributed by atoms with van der Waals surface area (Å²) >= 11 is 0. The molecule has 59 heavy (non-hydrogen) atoms. The van der Waals surface area contributed by atoms with Crippen molar-refractivity contribution < 1.29 is 28.6 Å². The van der Waals surface area contributed by atoms with Gasteiger partial charge in [-0.25, -0.2) is 0 Å². The summed E-state index contributed by atoms with van der Waals surface area (Å²) in [6.07, 6.45) is 61.1. The smallest absolute Gasteiger partial charge is 0.306 e. The van der Waals surface area contributed by atoms with Crippen LogP contribution in [0, 0.1) is 0 Å². The number of allylic oxidation sites excluding steroid dienone is 16. The van der Waals surface area contributed by atoms with Crippen LogP contribution in [0.4, 0.5) is 0 Å². The Labute approximate surface area is 362 Å². The second-order valence-corrected chi connectivity index (χ2v) is 15.2. The molecule has 0 bridgehead atoms. The maximum Gasteiger partial charge on any atom is 0.306 e. The van der Waals surface area contributed by atoms with Crippen molar-refractivity contribution in [2.24, 2.45) is 0 Å². The first-order valence-corrected chi connectivity index (χ1v) is 23.7. The molecule has 0 aromatic rings. The Balaban J connectivity index is 4.48. The van der Waals surface area contributed by atoms with Gasteiger partial charge in [0.25, 0.3) is 0 Å². The molecule has 0 aromatic carbocycles. The molecule has 0 aliphatic heterocycles. The normalized spacial score (nSPS) is 12.9. The number of ether oxygens (including phenoxy) is 3. The van der Waals surface area contributed by atoms with Gasteiger partial charge in [0.15, 0.2) is 6.10 Å². The number of rotatable bonds is 41. The molecule has 0 aromatic heterocycles. The zero-order chi connectivity index (χ0) is 43.0. The van der Waals surface area contributed by atoms with Crippen LogP contribution in [0.15, 0.2) is 97.2 Å². The topological polar surface area (TPSA) is 78.9 Å². The van der Waals surface area contributed by atoms with E-state index in [-0.39, 0.29) is 37.5 Å². The van der Waals surface area contributed by atoms with E-state index in [9.17, 15) is 14.4 Å². The maximum atomic E-state index is 12.7. The fourth-order valence-electron chi connectivity index (χ4n) is 6.03. The highest BCUT2D eigenvalue weighted by Gasteiger charge is 2.19. The van der Waals surface area contributed by atoms with Gasteiger partial charge >= 0.3 is 17.9 Å². The predicted octanol–water partition coefficient (Wildman–Crippen LogP) is 15.4. The lowest BCUT2D eigenvalue weighted by Gasteiger charge is -2.18. The predicted molar refractivity (Wildman–Crippen MR) is 251 cm³/mol. The molecule has 0 radical (unpaired) electrons. The van der Waals surface area contributed by atoms with E-state index < -0.39 is 6.10 Å². The molecular formula is C53H86O6. The van der Waals surface area contributed by atoms with E-state index in [0.717, 1.165) is 103 Å². The molecule has 0 heterocycles. The molecule has 0 fully saturated rings. The fourth-order valence-corrected chi connectivity index (χ4v) is 6.03. The summed E-state index contributed by atoms with van der Waals surface area (Å²) in [6, 6.07) is 0. The first-order chi connectivity index (χ1) is 29.0.